The molecule has 0 aromatic carbocycles. The number of nitrogens with zero attached hydrogens (tertiary/aromatic N) is 2. The largest absolute Gasteiger partial charge is 0.465 e. The Hall–Kier alpha value is -2.24. The Labute approximate surface area is 138 Å². The maximum Gasteiger partial charge on any atom is 0.341 e. The van der Waals surface area contributed by atoms with Gasteiger partial charge in [-0.1, -0.05) is 6.08 Å². The van der Waals surface area contributed by atoms with Crippen LogP contribution in [0, 0.1) is 6.92 Å². The van der Waals surface area contributed by atoms with Crippen LogP contribution >= 0.6 is 0 Å². The van der Waals surface area contributed by atoms with Crippen LogP contribution in [0.1, 0.15) is 41.6 Å². The maximum atomic E-state index is 11.6. The number of hydrogen-bond donors (Lipinski definition) is 1. The number of aryl methyl sites for hydroxylation is 1. The molecule has 0 unspecified atom stereocenters. The second-order valence-electron chi connectivity index (χ2n) is 5.20. The maximum absolute atomic E-state index is 11.6. The van der Waals surface area contributed by atoms with Crippen LogP contribution in [0.15, 0.2) is 28.1 Å². The van der Waals surface area contributed by atoms with Gasteiger partial charge in [0, 0.05) is 20.1 Å². The predicted octanol–water partition coefficient (Wildman–Crippen LogP) is 2.74. The summed E-state index contributed by atoms with van der Waals surface area (Å²) in [4.78, 5) is 18.2. The fraction of sp³-hybridized carbons (Fsp3) is 0.529. The third kappa shape index (κ3) is 5.81. The summed E-state index contributed by atoms with van der Waals surface area (Å²) in [5, 5.41) is 3.25. The monoisotopic (exact) mass is 321 g/mol. The number of allylic oxidation sites excluding steroid dienone is 1. The number of esters is 1. The summed E-state index contributed by atoms with van der Waals surface area (Å²) in [5.74, 6) is 1.60. The van der Waals surface area contributed by atoms with E-state index in [-0.39, 0.29) is 0 Å². The second kappa shape index (κ2) is 9.71. The molecule has 128 valence electrons. The number of rotatable bonds is 8. The number of furan rings is 1. The van der Waals surface area contributed by atoms with Crippen molar-refractivity contribution in [3.63, 3.8) is 0 Å². The normalized spacial score (nSPS) is 11.2. The first-order valence-corrected chi connectivity index (χ1v) is 7.81. The first kappa shape index (κ1) is 18.8. The average molecular weight is 321 g/mol. The third-order valence-electron chi connectivity index (χ3n) is 3.36. The van der Waals surface area contributed by atoms with Gasteiger partial charge in [-0.25, -0.2) is 9.79 Å². The summed E-state index contributed by atoms with van der Waals surface area (Å²) in [7, 11) is 3.35. The molecular formula is C17H27N3O3. The fourth-order valence-corrected chi connectivity index (χ4v) is 2.14. The molecule has 1 aromatic heterocycles. The van der Waals surface area contributed by atoms with Gasteiger partial charge in [-0.3, -0.25) is 0 Å². The van der Waals surface area contributed by atoms with Gasteiger partial charge in [-0.2, -0.15) is 0 Å². The Morgan fingerprint density at radius 3 is 2.91 bits per heavy atom. The fourth-order valence-electron chi connectivity index (χ4n) is 2.14. The Morgan fingerprint density at radius 2 is 2.30 bits per heavy atom. The number of methoxy groups -OCH3 is 1. The first-order valence-electron chi connectivity index (χ1n) is 7.81. The van der Waals surface area contributed by atoms with Gasteiger partial charge in [0.1, 0.15) is 23.6 Å². The molecule has 23 heavy (non-hydrogen) atoms. The molecule has 0 aliphatic heterocycles. The number of carbonyl (C=O) groups is 1. The van der Waals surface area contributed by atoms with Crippen LogP contribution < -0.4 is 5.32 Å². The van der Waals surface area contributed by atoms with Gasteiger partial charge in [-0.05, 0) is 32.8 Å². The summed E-state index contributed by atoms with van der Waals surface area (Å²) in [5.41, 5.74) is 0.446. The van der Waals surface area contributed by atoms with Crippen molar-refractivity contribution in [2.24, 2.45) is 4.99 Å². The van der Waals surface area contributed by atoms with Crippen LogP contribution in [-0.4, -0.2) is 44.1 Å². The summed E-state index contributed by atoms with van der Waals surface area (Å²) >= 11 is 0. The summed E-state index contributed by atoms with van der Waals surface area (Å²) in [6.45, 7) is 9.55. The smallest absolute Gasteiger partial charge is 0.341 e. The van der Waals surface area contributed by atoms with Gasteiger partial charge in [0.2, 0.25) is 0 Å². The van der Waals surface area contributed by atoms with Crippen LogP contribution in [0.3, 0.4) is 0 Å². The van der Waals surface area contributed by atoms with E-state index in [1.807, 2.05) is 20.0 Å². The zero-order chi connectivity index (χ0) is 17.2. The van der Waals surface area contributed by atoms with Crippen molar-refractivity contribution >= 4 is 11.9 Å². The van der Waals surface area contributed by atoms with Gasteiger partial charge in [-0.15, -0.1) is 6.58 Å². The van der Waals surface area contributed by atoms with Crippen LogP contribution in [0.4, 0.5) is 0 Å². The van der Waals surface area contributed by atoms with E-state index in [0.29, 0.717) is 23.6 Å². The highest BCUT2D eigenvalue weighted by Gasteiger charge is 2.15. The van der Waals surface area contributed by atoms with Gasteiger partial charge in [0.15, 0.2) is 5.96 Å². The molecule has 0 bridgehead atoms. The van der Waals surface area contributed by atoms with Crippen molar-refractivity contribution in [3.05, 3.63) is 35.8 Å². The van der Waals surface area contributed by atoms with Crippen molar-refractivity contribution in [3.8, 4) is 0 Å². The molecular weight excluding hydrogens is 294 g/mol. The molecule has 0 saturated carbocycles. The van der Waals surface area contributed by atoms with E-state index in [1.165, 1.54) is 7.11 Å². The molecule has 6 nitrogen and oxygen atoms in total. The number of aliphatic imine (C=N–C) groups is 1. The lowest BCUT2D eigenvalue weighted by Gasteiger charge is -2.21. The van der Waals surface area contributed by atoms with E-state index in [9.17, 15) is 4.79 Å². The molecule has 1 N–H and O–H groups in total. The molecule has 0 atom stereocenters. The Bertz CT molecular complexity index is 549. The SMILES string of the molecule is C=CCCCN(C)C(=NCc1cc(C(=O)OC)c(C)o1)NCC. The Kier molecular flexibility index (Phi) is 7.94. The molecule has 0 aliphatic rings. The van der Waals surface area contributed by atoms with E-state index < -0.39 is 5.97 Å². The van der Waals surface area contributed by atoms with Gasteiger partial charge < -0.3 is 19.4 Å². The summed E-state index contributed by atoms with van der Waals surface area (Å²) in [6.07, 6.45) is 3.91. The molecule has 1 heterocycles. The van der Waals surface area contributed by atoms with E-state index in [0.717, 1.165) is 31.9 Å². The van der Waals surface area contributed by atoms with Crippen LogP contribution in [0.2, 0.25) is 0 Å². The van der Waals surface area contributed by atoms with E-state index in [2.05, 4.69) is 21.8 Å². The minimum Gasteiger partial charge on any atom is -0.465 e. The molecule has 1 aromatic rings. The van der Waals surface area contributed by atoms with Crippen molar-refractivity contribution in [1.29, 1.82) is 0 Å². The van der Waals surface area contributed by atoms with E-state index in [1.54, 1.807) is 13.0 Å². The second-order valence-corrected chi connectivity index (χ2v) is 5.20. The van der Waals surface area contributed by atoms with Crippen molar-refractivity contribution in [1.82, 2.24) is 10.2 Å². The molecule has 0 radical (unpaired) electrons. The number of carbonyl (C=O) groups excluding carboxylic acids is 1. The molecule has 0 spiro atoms. The van der Waals surface area contributed by atoms with Crippen LogP contribution in [0.5, 0.6) is 0 Å². The third-order valence-corrected chi connectivity index (χ3v) is 3.36. The zero-order valence-corrected chi connectivity index (χ0v) is 14.5. The lowest BCUT2D eigenvalue weighted by Crippen LogP contribution is -2.39. The first-order chi connectivity index (χ1) is 11.0. The minimum absolute atomic E-state index is 0.367. The highest BCUT2D eigenvalue weighted by molar-refractivity contribution is 5.90. The van der Waals surface area contributed by atoms with Gasteiger partial charge in [0.25, 0.3) is 0 Å². The number of hydrogen-bond acceptors (Lipinski definition) is 4. The van der Waals surface area contributed by atoms with Crippen LogP contribution in [-0.2, 0) is 11.3 Å². The number of guanidine groups is 1. The molecule has 0 saturated heterocycles. The zero-order valence-electron chi connectivity index (χ0n) is 14.5. The quantitative estimate of drug-likeness (QED) is 0.262. The van der Waals surface area contributed by atoms with Crippen LogP contribution in [0.25, 0.3) is 0 Å². The van der Waals surface area contributed by atoms with Crippen molar-refractivity contribution in [2.75, 3.05) is 27.2 Å². The van der Waals surface area contributed by atoms with Crippen molar-refractivity contribution in [2.45, 2.75) is 33.2 Å². The highest BCUT2D eigenvalue weighted by Crippen LogP contribution is 2.16. The summed E-state index contributed by atoms with van der Waals surface area (Å²) in [6, 6.07) is 1.69. The molecule has 1 rings (SSSR count). The average Bonchev–Trinajstić information content (AvgIpc) is 2.91. The topological polar surface area (TPSA) is 67.1 Å². The highest BCUT2D eigenvalue weighted by atomic mass is 16.5. The summed E-state index contributed by atoms with van der Waals surface area (Å²) < 4.78 is 10.3. The molecule has 6 heteroatoms. The lowest BCUT2D eigenvalue weighted by atomic mass is 10.2. The molecule has 0 amide bonds. The van der Waals surface area contributed by atoms with E-state index in [4.69, 9.17) is 9.15 Å². The number of nitrogens with one attached hydrogen (secondary N) is 1. The lowest BCUT2D eigenvalue weighted by molar-refractivity contribution is 0.0599. The standard InChI is InChI=1S/C17H27N3O3/c1-6-8-9-10-20(4)17(18-7-2)19-12-14-11-15(13(3)23-14)16(21)22-5/h6,11H,1,7-10,12H2,2-5H3,(H,18,19). The Balaban J connectivity index is 2.76. The number of unbranched alkanes of at least 4 members (excludes halogenated alkanes) is 1. The number of ether oxygens (including phenoxy) is 1. The minimum atomic E-state index is -0.394. The molecule has 0 aliphatic carbocycles. The van der Waals surface area contributed by atoms with Gasteiger partial charge >= 0.3 is 5.97 Å². The van der Waals surface area contributed by atoms with Crippen molar-refractivity contribution < 1.29 is 13.9 Å². The Morgan fingerprint density at radius 1 is 1.57 bits per heavy atom. The van der Waals surface area contributed by atoms with E-state index >= 15 is 0 Å². The molecule has 0 fully saturated rings. The predicted molar refractivity (Wildman–Crippen MR) is 91.7 cm³/mol. The van der Waals surface area contributed by atoms with Gasteiger partial charge in [0.05, 0.1) is 7.11 Å².